The first kappa shape index (κ1) is 13.7. The summed E-state index contributed by atoms with van der Waals surface area (Å²) in [6.07, 6.45) is 9.60. The summed E-state index contributed by atoms with van der Waals surface area (Å²) in [5.74, 6) is 1.43. The van der Waals surface area contributed by atoms with Crippen LogP contribution in [0.25, 0.3) is 0 Å². The maximum Gasteiger partial charge on any atom is 0.276 e. The fraction of sp³-hybridized carbons (Fsp3) is 0.750. The van der Waals surface area contributed by atoms with Crippen LogP contribution < -0.4 is 0 Å². The molecule has 0 N–H and O–H groups in total. The summed E-state index contributed by atoms with van der Waals surface area (Å²) >= 11 is 0. The van der Waals surface area contributed by atoms with E-state index in [1.54, 1.807) is 0 Å². The molecule has 1 aromatic rings. The highest BCUT2D eigenvalue weighted by Gasteiger charge is 2.28. The third kappa shape index (κ3) is 2.74. The first-order valence-electron chi connectivity index (χ1n) is 8.03. The molecule has 2 aliphatic rings. The largest absolute Gasteiger partial charge is 0.360 e. The van der Waals surface area contributed by atoms with Gasteiger partial charge in [0.1, 0.15) is 5.76 Å². The van der Waals surface area contributed by atoms with E-state index in [0.717, 1.165) is 25.1 Å². The molecule has 1 amide bonds. The van der Waals surface area contributed by atoms with Crippen molar-refractivity contribution in [2.45, 2.75) is 70.3 Å². The fourth-order valence-electron chi connectivity index (χ4n) is 3.52. The van der Waals surface area contributed by atoms with Gasteiger partial charge < -0.3 is 9.42 Å². The summed E-state index contributed by atoms with van der Waals surface area (Å²) in [6.45, 7) is 2.98. The average molecular weight is 276 g/mol. The van der Waals surface area contributed by atoms with E-state index in [-0.39, 0.29) is 5.91 Å². The van der Waals surface area contributed by atoms with E-state index >= 15 is 0 Å². The van der Waals surface area contributed by atoms with Gasteiger partial charge in [0.15, 0.2) is 5.69 Å². The van der Waals surface area contributed by atoms with Crippen LogP contribution in [0.1, 0.15) is 80.5 Å². The summed E-state index contributed by atoms with van der Waals surface area (Å²) in [5.41, 5.74) is 0.499. The zero-order chi connectivity index (χ0) is 13.9. The molecule has 1 unspecified atom stereocenters. The van der Waals surface area contributed by atoms with Crippen molar-refractivity contribution in [1.82, 2.24) is 10.1 Å². The van der Waals surface area contributed by atoms with E-state index in [2.05, 4.69) is 12.1 Å². The number of hydrogen-bond donors (Lipinski definition) is 0. The van der Waals surface area contributed by atoms with Gasteiger partial charge in [-0.05, 0) is 39.0 Å². The van der Waals surface area contributed by atoms with Crippen LogP contribution in [0, 0.1) is 0 Å². The highest BCUT2D eigenvalue weighted by molar-refractivity contribution is 5.92. The Morgan fingerprint density at radius 3 is 2.70 bits per heavy atom. The first-order valence-corrected chi connectivity index (χ1v) is 8.03. The van der Waals surface area contributed by atoms with Gasteiger partial charge in [-0.2, -0.15) is 0 Å². The quantitative estimate of drug-likeness (QED) is 0.826. The van der Waals surface area contributed by atoms with Crippen molar-refractivity contribution in [3.63, 3.8) is 0 Å². The minimum absolute atomic E-state index is 0.0445. The molecule has 20 heavy (non-hydrogen) atoms. The molecule has 1 aliphatic heterocycles. The lowest BCUT2D eigenvalue weighted by molar-refractivity contribution is 0.0625. The molecule has 110 valence electrons. The van der Waals surface area contributed by atoms with Gasteiger partial charge in [-0.15, -0.1) is 0 Å². The lowest BCUT2D eigenvalue weighted by atomic mass is 9.87. The van der Waals surface area contributed by atoms with Crippen LogP contribution in [0.4, 0.5) is 0 Å². The summed E-state index contributed by atoms with van der Waals surface area (Å²) in [6, 6.07) is 2.21. The zero-order valence-corrected chi connectivity index (χ0v) is 12.3. The molecular weight excluding hydrogens is 252 g/mol. The van der Waals surface area contributed by atoms with Crippen LogP contribution >= 0.6 is 0 Å². The summed E-state index contributed by atoms with van der Waals surface area (Å²) < 4.78 is 5.45. The third-order valence-corrected chi connectivity index (χ3v) is 4.82. The number of hydrogen-bond acceptors (Lipinski definition) is 3. The minimum atomic E-state index is 0.0445. The molecule has 0 radical (unpaired) electrons. The lowest BCUT2D eigenvalue weighted by Crippen LogP contribution is -2.42. The molecule has 3 rings (SSSR count). The van der Waals surface area contributed by atoms with Crippen molar-refractivity contribution < 1.29 is 9.32 Å². The van der Waals surface area contributed by atoms with Crippen molar-refractivity contribution in [1.29, 1.82) is 0 Å². The molecule has 0 spiro atoms. The Labute approximate surface area is 120 Å². The molecule has 0 bridgehead atoms. The Bertz CT molecular complexity index is 463. The average Bonchev–Trinajstić information content (AvgIpc) is 2.98. The van der Waals surface area contributed by atoms with E-state index < -0.39 is 0 Å². The molecule has 2 heterocycles. The summed E-state index contributed by atoms with van der Waals surface area (Å²) in [5, 5.41) is 4.03. The van der Waals surface area contributed by atoms with E-state index in [0.29, 0.717) is 17.7 Å². The predicted molar refractivity (Wildman–Crippen MR) is 76.7 cm³/mol. The minimum Gasteiger partial charge on any atom is -0.360 e. The van der Waals surface area contributed by atoms with Gasteiger partial charge in [0, 0.05) is 24.6 Å². The van der Waals surface area contributed by atoms with Crippen molar-refractivity contribution in [3.8, 4) is 0 Å². The maximum absolute atomic E-state index is 12.5. The van der Waals surface area contributed by atoms with Gasteiger partial charge in [0.25, 0.3) is 5.91 Å². The number of nitrogens with zero attached hydrogens (tertiary/aromatic N) is 2. The lowest BCUT2D eigenvalue weighted by Gasteiger charge is -2.32. The molecular formula is C16H24N2O2. The van der Waals surface area contributed by atoms with Crippen molar-refractivity contribution >= 4 is 5.91 Å². The van der Waals surface area contributed by atoms with Crippen molar-refractivity contribution in [3.05, 3.63) is 17.5 Å². The number of rotatable bonds is 2. The van der Waals surface area contributed by atoms with E-state index in [1.165, 1.54) is 38.5 Å². The number of piperidine rings is 1. The second-order valence-corrected chi connectivity index (χ2v) is 6.29. The Kier molecular flexibility index (Phi) is 4.08. The number of carbonyl (C=O) groups is 1. The molecule has 2 fully saturated rings. The Hall–Kier alpha value is -1.32. The molecule has 0 aromatic carbocycles. The first-order chi connectivity index (χ1) is 9.75. The van der Waals surface area contributed by atoms with Gasteiger partial charge in [-0.25, -0.2) is 0 Å². The second-order valence-electron chi connectivity index (χ2n) is 6.29. The SMILES string of the molecule is CC1CCCCN1C(=O)c1cc(C2CCCCC2)on1. The van der Waals surface area contributed by atoms with Gasteiger partial charge in [0.2, 0.25) is 0 Å². The molecule has 4 heteroatoms. The molecule has 1 saturated carbocycles. The number of carbonyl (C=O) groups excluding carboxylic acids is 1. The fourth-order valence-corrected chi connectivity index (χ4v) is 3.52. The molecule has 1 atom stereocenters. The Morgan fingerprint density at radius 1 is 1.20 bits per heavy atom. The number of likely N-dealkylation sites (tertiary alicyclic amines) is 1. The van der Waals surface area contributed by atoms with Crippen LogP contribution in [-0.4, -0.2) is 28.6 Å². The molecule has 4 nitrogen and oxygen atoms in total. The zero-order valence-electron chi connectivity index (χ0n) is 12.3. The van der Waals surface area contributed by atoms with Gasteiger partial charge >= 0.3 is 0 Å². The van der Waals surface area contributed by atoms with E-state index in [4.69, 9.17) is 4.52 Å². The molecule has 1 aliphatic carbocycles. The standard InChI is InChI=1S/C16H24N2O2/c1-12-7-5-6-10-18(12)16(19)14-11-15(20-17-14)13-8-3-2-4-9-13/h11-13H,2-10H2,1H3. The van der Waals surface area contributed by atoms with E-state index in [1.807, 2.05) is 11.0 Å². The monoisotopic (exact) mass is 276 g/mol. The Morgan fingerprint density at radius 2 is 1.95 bits per heavy atom. The number of aromatic nitrogens is 1. The van der Waals surface area contributed by atoms with Crippen molar-refractivity contribution in [2.24, 2.45) is 0 Å². The van der Waals surface area contributed by atoms with Crippen LogP contribution in [-0.2, 0) is 0 Å². The van der Waals surface area contributed by atoms with Crippen LogP contribution in [0.2, 0.25) is 0 Å². The highest BCUT2D eigenvalue weighted by atomic mass is 16.5. The summed E-state index contributed by atoms with van der Waals surface area (Å²) in [4.78, 5) is 14.5. The number of amides is 1. The van der Waals surface area contributed by atoms with E-state index in [9.17, 15) is 4.79 Å². The van der Waals surface area contributed by atoms with Gasteiger partial charge in [-0.1, -0.05) is 24.4 Å². The predicted octanol–water partition coefficient (Wildman–Crippen LogP) is 3.74. The van der Waals surface area contributed by atoms with Crippen LogP contribution in [0.15, 0.2) is 10.6 Å². The van der Waals surface area contributed by atoms with Gasteiger partial charge in [-0.3, -0.25) is 4.79 Å². The van der Waals surface area contributed by atoms with Crippen LogP contribution in [0.3, 0.4) is 0 Å². The molecule has 1 saturated heterocycles. The normalized spacial score (nSPS) is 24.9. The van der Waals surface area contributed by atoms with Crippen LogP contribution in [0.5, 0.6) is 0 Å². The maximum atomic E-state index is 12.5. The summed E-state index contributed by atoms with van der Waals surface area (Å²) in [7, 11) is 0. The van der Waals surface area contributed by atoms with Gasteiger partial charge in [0.05, 0.1) is 0 Å². The van der Waals surface area contributed by atoms with Crippen molar-refractivity contribution in [2.75, 3.05) is 6.54 Å². The highest BCUT2D eigenvalue weighted by Crippen LogP contribution is 2.33. The third-order valence-electron chi connectivity index (χ3n) is 4.82. The smallest absolute Gasteiger partial charge is 0.276 e. The molecule has 1 aromatic heterocycles. The topological polar surface area (TPSA) is 46.3 Å². The second kappa shape index (κ2) is 5.98. The Balaban J connectivity index is 1.70.